The van der Waals surface area contributed by atoms with Crippen LogP contribution in [0.2, 0.25) is 5.02 Å². The summed E-state index contributed by atoms with van der Waals surface area (Å²) in [7, 11) is 6.43. The number of hydrogen-bond donors (Lipinski definition) is 1. The van der Waals surface area contributed by atoms with Crippen molar-refractivity contribution in [3.63, 3.8) is 0 Å². The van der Waals surface area contributed by atoms with Crippen LogP contribution in [-0.4, -0.2) is 43.2 Å². The molecule has 3 nitrogen and oxygen atoms in total. The third kappa shape index (κ3) is 2.88. The van der Waals surface area contributed by atoms with Gasteiger partial charge in [0.25, 0.3) is 0 Å². The van der Waals surface area contributed by atoms with Crippen LogP contribution >= 0.6 is 11.6 Å². The maximum absolute atomic E-state index is 9.15. The zero-order valence-electron chi connectivity index (χ0n) is 12.0. The molecule has 1 aromatic rings. The smallest absolute Gasteiger partial charge is 0.0696 e. The van der Waals surface area contributed by atoms with E-state index >= 15 is 0 Å². The number of likely N-dealkylation sites (N-methyl/N-ethyl adjacent to an activating group) is 2. The molecule has 0 aliphatic heterocycles. The first-order chi connectivity index (χ1) is 8.98. The number of aliphatic hydroxyl groups is 1. The highest BCUT2D eigenvalue weighted by Gasteiger charge is 2.39. The monoisotopic (exact) mass is 282 g/mol. The van der Waals surface area contributed by atoms with Crippen molar-refractivity contribution in [2.45, 2.75) is 31.4 Å². The van der Waals surface area contributed by atoms with E-state index in [2.05, 4.69) is 30.9 Å². The van der Waals surface area contributed by atoms with E-state index in [0.717, 1.165) is 17.8 Å². The van der Waals surface area contributed by atoms with Crippen molar-refractivity contribution in [2.75, 3.05) is 32.6 Å². The van der Waals surface area contributed by atoms with Gasteiger partial charge in [0.2, 0.25) is 0 Å². The van der Waals surface area contributed by atoms with Gasteiger partial charge in [-0.1, -0.05) is 17.7 Å². The molecule has 19 heavy (non-hydrogen) atoms. The summed E-state index contributed by atoms with van der Waals surface area (Å²) in [6.07, 6.45) is 3.83. The van der Waals surface area contributed by atoms with Gasteiger partial charge in [-0.05, 0) is 51.1 Å². The largest absolute Gasteiger partial charge is 0.392 e. The fourth-order valence-corrected chi connectivity index (χ4v) is 3.00. The Morgan fingerprint density at radius 2 is 1.95 bits per heavy atom. The molecule has 0 heterocycles. The lowest BCUT2D eigenvalue weighted by Crippen LogP contribution is -2.56. The van der Waals surface area contributed by atoms with Crippen molar-refractivity contribution in [1.82, 2.24) is 4.90 Å². The summed E-state index contributed by atoms with van der Waals surface area (Å²) < 4.78 is 0. The highest BCUT2D eigenvalue weighted by atomic mass is 35.5. The molecular formula is C15H23ClN2O. The Kier molecular flexibility index (Phi) is 4.39. The fourth-order valence-electron chi connectivity index (χ4n) is 2.77. The molecule has 0 atom stereocenters. The molecule has 1 aliphatic rings. The number of benzene rings is 1. The molecular weight excluding hydrogens is 260 g/mol. The summed E-state index contributed by atoms with van der Waals surface area (Å²) in [4.78, 5) is 4.60. The summed E-state index contributed by atoms with van der Waals surface area (Å²) in [6.45, 7) is 0.999. The van der Waals surface area contributed by atoms with Gasteiger partial charge in [0, 0.05) is 29.8 Å². The third-order valence-electron chi connectivity index (χ3n) is 4.41. The first-order valence-corrected chi connectivity index (χ1v) is 7.14. The molecule has 1 aliphatic carbocycles. The van der Waals surface area contributed by atoms with Crippen LogP contribution < -0.4 is 4.90 Å². The number of nitrogens with zero attached hydrogens (tertiary/aromatic N) is 2. The molecule has 2 rings (SSSR count). The van der Waals surface area contributed by atoms with Gasteiger partial charge in [-0.25, -0.2) is 0 Å². The van der Waals surface area contributed by atoms with Crippen LogP contribution in [0.15, 0.2) is 18.2 Å². The predicted molar refractivity (Wildman–Crippen MR) is 80.9 cm³/mol. The van der Waals surface area contributed by atoms with Crippen LogP contribution in [0.3, 0.4) is 0 Å². The van der Waals surface area contributed by atoms with E-state index in [9.17, 15) is 0 Å². The van der Waals surface area contributed by atoms with E-state index in [1.807, 2.05) is 18.2 Å². The molecule has 0 radical (unpaired) electrons. The molecule has 1 N–H and O–H groups in total. The summed E-state index contributed by atoms with van der Waals surface area (Å²) in [5.41, 5.74) is 2.19. The minimum atomic E-state index is -0.00946. The molecule has 1 fully saturated rings. The van der Waals surface area contributed by atoms with Crippen molar-refractivity contribution >= 4 is 17.3 Å². The third-order valence-corrected chi connectivity index (χ3v) is 4.76. The van der Waals surface area contributed by atoms with E-state index in [-0.39, 0.29) is 6.61 Å². The standard InChI is InChI=1S/C15H23ClN2O/c1-17(2)15(7-4-8-15)11-18(3)13-6-5-12(10-19)14(16)9-13/h5-6,9,19H,4,7-8,10-11H2,1-3H3. The second-order valence-electron chi connectivity index (χ2n) is 5.76. The fraction of sp³-hybridized carbons (Fsp3) is 0.600. The van der Waals surface area contributed by atoms with E-state index in [1.54, 1.807) is 0 Å². The van der Waals surface area contributed by atoms with E-state index in [0.29, 0.717) is 10.6 Å². The van der Waals surface area contributed by atoms with E-state index in [4.69, 9.17) is 16.7 Å². The first-order valence-electron chi connectivity index (χ1n) is 6.76. The molecule has 0 spiro atoms. The maximum atomic E-state index is 9.15. The zero-order chi connectivity index (χ0) is 14.0. The molecule has 0 bridgehead atoms. The second-order valence-corrected chi connectivity index (χ2v) is 6.17. The molecule has 4 heteroatoms. The Bertz CT molecular complexity index is 444. The van der Waals surface area contributed by atoms with Crippen LogP contribution in [0, 0.1) is 0 Å². The molecule has 1 aromatic carbocycles. The molecule has 0 aromatic heterocycles. The van der Waals surface area contributed by atoms with Crippen LogP contribution in [-0.2, 0) is 6.61 Å². The highest BCUT2D eigenvalue weighted by molar-refractivity contribution is 6.31. The average molecular weight is 283 g/mol. The summed E-state index contributed by atoms with van der Waals surface area (Å²) in [5.74, 6) is 0. The zero-order valence-corrected chi connectivity index (χ0v) is 12.7. The van der Waals surface area contributed by atoms with Gasteiger partial charge in [0.05, 0.1) is 6.61 Å². The Balaban J connectivity index is 2.11. The molecule has 0 unspecified atom stereocenters. The number of rotatable bonds is 5. The first kappa shape index (κ1) is 14.6. The maximum Gasteiger partial charge on any atom is 0.0696 e. The van der Waals surface area contributed by atoms with Gasteiger partial charge in [-0.2, -0.15) is 0 Å². The Labute approximate surface area is 120 Å². The number of halogens is 1. The van der Waals surface area contributed by atoms with Gasteiger partial charge < -0.3 is 14.9 Å². The minimum Gasteiger partial charge on any atom is -0.392 e. The molecule has 106 valence electrons. The van der Waals surface area contributed by atoms with Crippen LogP contribution in [0.25, 0.3) is 0 Å². The van der Waals surface area contributed by atoms with Gasteiger partial charge >= 0.3 is 0 Å². The van der Waals surface area contributed by atoms with Gasteiger partial charge in [0.1, 0.15) is 0 Å². The predicted octanol–water partition coefficient (Wildman–Crippen LogP) is 2.75. The number of anilines is 1. The summed E-state index contributed by atoms with van der Waals surface area (Å²) >= 11 is 6.16. The van der Waals surface area contributed by atoms with Gasteiger partial charge in [-0.15, -0.1) is 0 Å². The van der Waals surface area contributed by atoms with Gasteiger partial charge in [0.15, 0.2) is 0 Å². The van der Waals surface area contributed by atoms with Crippen LogP contribution in [0.4, 0.5) is 5.69 Å². The van der Waals surface area contributed by atoms with Gasteiger partial charge in [-0.3, -0.25) is 0 Å². The number of aliphatic hydroxyl groups excluding tert-OH is 1. The van der Waals surface area contributed by atoms with E-state index in [1.165, 1.54) is 19.3 Å². The Hall–Kier alpha value is -0.770. The lowest BCUT2D eigenvalue weighted by molar-refractivity contribution is 0.0683. The number of hydrogen-bond acceptors (Lipinski definition) is 3. The topological polar surface area (TPSA) is 26.7 Å². The SMILES string of the molecule is CN(CC1(N(C)C)CCC1)c1ccc(CO)c(Cl)c1. The van der Waals surface area contributed by atoms with Crippen molar-refractivity contribution < 1.29 is 5.11 Å². The quantitative estimate of drug-likeness (QED) is 0.900. The molecule has 0 amide bonds. The van der Waals surface area contributed by atoms with Crippen LogP contribution in [0.1, 0.15) is 24.8 Å². The molecule has 1 saturated carbocycles. The van der Waals surface area contributed by atoms with Crippen molar-refractivity contribution in [2.24, 2.45) is 0 Å². The van der Waals surface area contributed by atoms with Crippen molar-refractivity contribution in [3.05, 3.63) is 28.8 Å². The van der Waals surface area contributed by atoms with Crippen molar-refractivity contribution in [3.8, 4) is 0 Å². The summed E-state index contributed by atoms with van der Waals surface area (Å²) in [5, 5.41) is 9.79. The lowest BCUT2D eigenvalue weighted by Gasteiger charge is -2.49. The minimum absolute atomic E-state index is 0.00946. The normalized spacial score (nSPS) is 17.4. The van der Waals surface area contributed by atoms with E-state index < -0.39 is 0 Å². The summed E-state index contributed by atoms with van der Waals surface area (Å²) in [6, 6.07) is 5.87. The van der Waals surface area contributed by atoms with Crippen molar-refractivity contribution in [1.29, 1.82) is 0 Å². The Morgan fingerprint density at radius 3 is 2.37 bits per heavy atom. The average Bonchev–Trinajstić information content (AvgIpc) is 2.32. The van der Waals surface area contributed by atoms with Crippen LogP contribution in [0.5, 0.6) is 0 Å². The lowest BCUT2D eigenvalue weighted by atomic mass is 9.75. The highest BCUT2D eigenvalue weighted by Crippen LogP contribution is 2.37. The Morgan fingerprint density at radius 1 is 1.26 bits per heavy atom. The second kappa shape index (κ2) is 5.70. The molecule has 0 saturated heterocycles.